The SMILES string of the molecule is Cc1nn(-c2ccc(F)cc2F)c(C)c1C(=O)N1CCN(C(C#N)C(C)C)CC1. The molecular formula is C21H25F2N5O. The number of nitrogens with zero attached hydrogens (tertiary/aromatic N) is 5. The Hall–Kier alpha value is -2.79. The van der Waals surface area contributed by atoms with Gasteiger partial charge >= 0.3 is 0 Å². The van der Waals surface area contributed by atoms with Crippen molar-refractivity contribution in [2.45, 2.75) is 33.7 Å². The lowest BCUT2D eigenvalue weighted by Gasteiger charge is -2.38. The second-order valence-corrected chi connectivity index (χ2v) is 7.70. The zero-order valence-corrected chi connectivity index (χ0v) is 17.1. The molecule has 0 N–H and O–H groups in total. The van der Waals surface area contributed by atoms with E-state index in [0.29, 0.717) is 43.1 Å². The zero-order chi connectivity index (χ0) is 21.3. The fraction of sp³-hybridized carbons (Fsp3) is 0.476. The summed E-state index contributed by atoms with van der Waals surface area (Å²) in [6.07, 6.45) is 0. The summed E-state index contributed by atoms with van der Waals surface area (Å²) in [5, 5.41) is 13.7. The van der Waals surface area contributed by atoms with Crippen molar-refractivity contribution in [1.82, 2.24) is 19.6 Å². The van der Waals surface area contributed by atoms with E-state index >= 15 is 0 Å². The minimum Gasteiger partial charge on any atom is -0.336 e. The number of piperazine rings is 1. The summed E-state index contributed by atoms with van der Waals surface area (Å²) >= 11 is 0. The minimum absolute atomic E-state index is 0.102. The summed E-state index contributed by atoms with van der Waals surface area (Å²) in [4.78, 5) is 17.0. The van der Waals surface area contributed by atoms with Crippen LogP contribution in [0.15, 0.2) is 18.2 Å². The molecule has 2 aromatic rings. The van der Waals surface area contributed by atoms with E-state index in [0.717, 1.165) is 12.1 Å². The zero-order valence-electron chi connectivity index (χ0n) is 17.1. The number of carbonyl (C=O) groups is 1. The summed E-state index contributed by atoms with van der Waals surface area (Å²) in [6.45, 7) is 9.72. The van der Waals surface area contributed by atoms with Gasteiger partial charge in [-0.3, -0.25) is 9.69 Å². The molecule has 0 saturated carbocycles. The number of aryl methyl sites for hydroxylation is 1. The molecule has 0 aliphatic carbocycles. The third-order valence-electron chi connectivity index (χ3n) is 5.40. The lowest BCUT2D eigenvalue weighted by Crippen LogP contribution is -2.53. The second kappa shape index (κ2) is 8.29. The van der Waals surface area contributed by atoms with E-state index in [1.165, 1.54) is 10.7 Å². The van der Waals surface area contributed by atoms with E-state index in [4.69, 9.17) is 0 Å². The van der Waals surface area contributed by atoms with Crippen molar-refractivity contribution < 1.29 is 13.6 Å². The highest BCUT2D eigenvalue weighted by Crippen LogP contribution is 2.23. The predicted molar refractivity (Wildman–Crippen MR) is 105 cm³/mol. The molecular weight excluding hydrogens is 376 g/mol. The first kappa shape index (κ1) is 20.9. The number of hydrogen-bond acceptors (Lipinski definition) is 4. The molecule has 6 nitrogen and oxygen atoms in total. The maximum Gasteiger partial charge on any atom is 0.257 e. The van der Waals surface area contributed by atoms with Crippen LogP contribution in [0.1, 0.15) is 35.6 Å². The Morgan fingerprint density at radius 1 is 1.17 bits per heavy atom. The Morgan fingerprint density at radius 3 is 2.38 bits per heavy atom. The molecule has 0 spiro atoms. The average molecular weight is 401 g/mol. The third kappa shape index (κ3) is 4.01. The summed E-state index contributed by atoms with van der Waals surface area (Å²) < 4.78 is 28.8. The molecule has 29 heavy (non-hydrogen) atoms. The number of carbonyl (C=O) groups excluding carboxylic acids is 1. The van der Waals surface area contributed by atoms with Gasteiger partial charge in [-0.1, -0.05) is 13.8 Å². The van der Waals surface area contributed by atoms with Crippen LogP contribution in [0.3, 0.4) is 0 Å². The van der Waals surface area contributed by atoms with Crippen LogP contribution in [-0.2, 0) is 0 Å². The monoisotopic (exact) mass is 401 g/mol. The van der Waals surface area contributed by atoms with E-state index in [1.807, 2.05) is 13.8 Å². The van der Waals surface area contributed by atoms with Gasteiger partial charge < -0.3 is 4.90 Å². The van der Waals surface area contributed by atoms with Crippen LogP contribution < -0.4 is 0 Å². The van der Waals surface area contributed by atoms with Gasteiger partial charge in [-0.2, -0.15) is 10.4 Å². The van der Waals surface area contributed by atoms with Gasteiger partial charge in [0.25, 0.3) is 5.91 Å². The average Bonchev–Trinajstić information content (AvgIpc) is 2.96. The Bertz CT molecular complexity index is 955. The Morgan fingerprint density at radius 2 is 1.83 bits per heavy atom. The molecule has 1 atom stereocenters. The van der Waals surface area contributed by atoms with E-state index in [-0.39, 0.29) is 23.6 Å². The molecule has 3 rings (SSSR count). The number of benzene rings is 1. The van der Waals surface area contributed by atoms with Gasteiger partial charge in [0.05, 0.1) is 23.0 Å². The molecule has 1 amide bonds. The molecule has 1 unspecified atom stereocenters. The molecule has 1 fully saturated rings. The highest BCUT2D eigenvalue weighted by atomic mass is 19.1. The molecule has 1 saturated heterocycles. The van der Waals surface area contributed by atoms with Gasteiger partial charge in [0.15, 0.2) is 5.82 Å². The topological polar surface area (TPSA) is 65.2 Å². The maximum atomic E-state index is 14.2. The maximum absolute atomic E-state index is 14.2. The van der Waals surface area contributed by atoms with Crippen molar-refractivity contribution in [1.29, 1.82) is 5.26 Å². The molecule has 154 valence electrons. The molecule has 0 radical (unpaired) electrons. The second-order valence-electron chi connectivity index (χ2n) is 7.70. The van der Waals surface area contributed by atoms with Crippen molar-refractivity contribution in [3.8, 4) is 11.8 Å². The van der Waals surface area contributed by atoms with Crippen molar-refractivity contribution in [3.05, 3.63) is 46.8 Å². The summed E-state index contributed by atoms with van der Waals surface area (Å²) in [7, 11) is 0. The molecule has 0 bridgehead atoms. The fourth-order valence-electron chi connectivity index (χ4n) is 3.85. The van der Waals surface area contributed by atoms with Crippen molar-refractivity contribution in [3.63, 3.8) is 0 Å². The number of hydrogen-bond donors (Lipinski definition) is 0. The Labute approximate surface area is 169 Å². The summed E-state index contributed by atoms with van der Waals surface area (Å²) in [5.41, 5.74) is 1.54. The third-order valence-corrected chi connectivity index (χ3v) is 5.40. The molecule has 1 aromatic heterocycles. The van der Waals surface area contributed by atoms with Gasteiger partial charge in [0.2, 0.25) is 0 Å². The quantitative estimate of drug-likeness (QED) is 0.790. The van der Waals surface area contributed by atoms with Crippen LogP contribution in [-0.4, -0.2) is 57.7 Å². The van der Waals surface area contributed by atoms with Crippen molar-refractivity contribution >= 4 is 5.91 Å². The smallest absolute Gasteiger partial charge is 0.257 e. The van der Waals surface area contributed by atoms with Crippen LogP contribution in [0.25, 0.3) is 5.69 Å². The summed E-state index contributed by atoms with van der Waals surface area (Å²) in [5.74, 6) is -1.35. The van der Waals surface area contributed by atoms with Gasteiger partial charge in [0.1, 0.15) is 17.5 Å². The number of nitriles is 1. The molecule has 2 heterocycles. The number of amides is 1. The van der Waals surface area contributed by atoms with E-state index in [9.17, 15) is 18.8 Å². The van der Waals surface area contributed by atoms with Crippen LogP contribution in [0.2, 0.25) is 0 Å². The van der Waals surface area contributed by atoms with Gasteiger partial charge in [-0.25, -0.2) is 13.5 Å². The molecule has 1 aromatic carbocycles. The van der Waals surface area contributed by atoms with E-state index in [1.54, 1.807) is 18.7 Å². The van der Waals surface area contributed by atoms with E-state index in [2.05, 4.69) is 16.1 Å². The van der Waals surface area contributed by atoms with Gasteiger partial charge in [-0.05, 0) is 31.9 Å². The highest BCUT2D eigenvalue weighted by molar-refractivity contribution is 5.96. The molecule has 8 heteroatoms. The standard InChI is InChI=1S/C21H25F2N5O/c1-13(2)19(12-24)26-7-9-27(10-8-26)21(29)20-14(3)25-28(15(20)4)18-6-5-16(22)11-17(18)23/h5-6,11,13,19H,7-10H2,1-4H3. The first-order valence-electron chi connectivity index (χ1n) is 9.69. The number of halogens is 2. The van der Waals surface area contributed by atoms with Gasteiger partial charge in [0, 0.05) is 32.2 Å². The highest BCUT2D eigenvalue weighted by Gasteiger charge is 2.30. The largest absolute Gasteiger partial charge is 0.336 e. The van der Waals surface area contributed by atoms with Crippen molar-refractivity contribution in [2.24, 2.45) is 5.92 Å². The molecule has 1 aliphatic heterocycles. The first-order chi connectivity index (χ1) is 13.7. The Kier molecular flexibility index (Phi) is 5.99. The summed E-state index contributed by atoms with van der Waals surface area (Å²) in [6, 6.07) is 5.45. The van der Waals surface area contributed by atoms with Gasteiger partial charge in [-0.15, -0.1) is 0 Å². The number of aromatic nitrogens is 2. The molecule has 1 aliphatic rings. The normalized spacial score (nSPS) is 16.1. The number of rotatable bonds is 4. The van der Waals surface area contributed by atoms with Crippen LogP contribution >= 0.6 is 0 Å². The predicted octanol–water partition coefficient (Wildman–Crippen LogP) is 3.07. The minimum atomic E-state index is -0.737. The van der Waals surface area contributed by atoms with Crippen molar-refractivity contribution in [2.75, 3.05) is 26.2 Å². The fourth-order valence-corrected chi connectivity index (χ4v) is 3.85. The lowest BCUT2D eigenvalue weighted by atomic mass is 10.0. The lowest BCUT2D eigenvalue weighted by molar-refractivity contribution is 0.0575. The van der Waals surface area contributed by atoms with Crippen LogP contribution in [0.5, 0.6) is 0 Å². The van der Waals surface area contributed by atoms with Crippen LogP contribution in [0, 0.1) is 42.7 Å². The van der Waals surface area contributed by atoms with E-state index < -0.39 is 11.6 Å². The van der Waals surface area contributed by atoms with Crippen LogP contribution in [0.4, 0.5) is 8.78 Å². The Balaban J connectivity index is 1.81. The first-order valence-corrected chi connectivity index (χ1v) is 9.69.